The molecule has 0 saturated heterocycles. The van der Waals surface area contributed by atoms with Gasteiger partial charge in [0.25, 0.3) is 0 Å². The first-order valence-electron chi connectivity index (χ1n) is 5.28. The Bertz CT molecular complexity index is 178. The zero-order valence-corrected chi connectivity index (χ0v) is 9.80. The topological polar surface area (TPSA) is 70.6 Å². The van der Waals surface area contributed by atoms with Crippen LogP contribution in [0.25, 0.3) is 0 Å². The number of aliphatic hydroxyl groups is 1. The van der Waals surface area contributed by atoms with Crippen LogP contribution in [-0.2, 0) is 4.74 Å². The Morgan fingerprint density at radius 2 is 1.93 bits per heavy atom. The molecule has 0 rings (SSSR count). The second-order valence-corrected chi connectivity index (χ2v) is 4.34. The average Bonchev–Trinajstić information content (AvgIpc) is 2.08. The van der Waals surface area contributed by atoms with Crippen molar-refractivity contribution in [3.05, 3.63) is 0 Å². The van der Waals surface area contributed by atoms with E-state index in [1.807, 2.05) is 20.8 Å². The maximum atomic E-state index is 11.1. The van der Waals surface area contributed by atoms with Crippen LogP contribution >= 0.6 is 0 Å². The molecule has 0 aliphatic rings. The van der Waals surface area contributed by atoms with Gasteiger partial charge in [-0.1, -0.05) is 0 Å². The molecule has 0 radical (unpaired) electrons. The highest BCUT2D eigenvalue weighted by Gasteiger charge is 2.15. The van der Waals surface area contributed by atoms with Crippen LogP contribution in [-0.4, -0.2) is 30.0 Å². The molecule has 0 aromatic heterocycles. The summed E-state index contributed by atoms with van der Waals surface area (Å²) < 4.78 is 5.01. The number of hydrazine groups is 1. The summed E-state index contributed by atoms with van der Waals surface area (Å²) >= 11 is 0. The van der Waals surface area contributed by atoms with E-state index in [1.54, 1.807) is 0 Å². The van der Waals surface area contributed by atoms with Crippen LogP contribution in [0.4, 0.5) is 4.79 Å². The molecule has 15 heavy (non-hydrogen) atoms. The number of aliphatic hydroxyl groups excluding tert-OH is 1. The number of carbonyl (C=O) groups excluding carboxylic acids is 1. The third-order valence-electron chi connectivity index (χ3n) is 1.55. The van der Waals surface area contributed by atoms with Crippen molar-refractivity contribution in [3.8, 4) is 0 Å². The molecular formula is C10H22N2O3. The fourth-order valence-electron chi connectivity index (χ4n) is 0.940. The zero-order chi connectivity index (χ0) is 11.7. The van der Waals surface area contributed by atoms with E-state index in [0.29, 0.717) is 6.54 Å². The Morgan fingerprint density at radius 1 is 1.27 bits per heavy atom. The lowest BCUT2D eigenvalue weighted by atomic mass is 10.2. The normalized spacial score (nSPS) is 11.2. The molecule has 0 spiro atoms. The van der Waals surface area contributed by atoms with Crippen molar-refractivity contribution in [3.63, 3.8) is 0 Å². The summed E-state index contributed by atoms with van der Waals surface area (Å²) in [5.74, 6) is 0. The van der Waals surface area contributed by atoms with Crippen molar-refractivity contribution < 1.29 is 14.6 Å². The van der Waals surface area contributed by atoms with Crippen molar-refractivity contribution in [2.24, 2.45) is 0 Å². The van der Waals surface area contributed by atoms with Crippen LogP contribution < -0.4 is 10.9 Å². The lowest BCUT2D eigenvalue weighted by Gasteiger charge is -2.19. The maximum Gasteiger partial charge on any atom is 0.422 e. The molecule has 0 aromatic rings. The van der Waals surface area contributed by atoms with Gasteiger partial charge in [0.05, 0.1) is 0 Å². The third-order valence-corrected chi connectivity index (χ3v) is 1.55. The minimum atomic E-state index is -0.470. The van der Waals surface area contributed by atoms with Crippen LogP contribution in [0.2, 0.25) is 0 Å². The van der Waals surface area contributed by atoms with E-state index in [1.165, 1.54) is 0 Å². The van der Waals surface area contributed by atoms with E-state index in [-0.39, 0.29) is 6.61 Å². The predicted octanol–water partition coefficient (Wildman–Crippen LogP) is 1.18. The van der Waals surface area contributed by atoms with Gasteiger partial charge in [-0.3, -0.25) is 5.43 Å². The van der Waals surface area contributed by atoms with Gasteiger partial charge in [0.15, 0.2) is 0 Å². The number of amides is 1. The molecule has 0 aliphatic heterocycles. The maximum absolute atomic E-state index is 11.1. The SMILES string of the molecule is CC(C)(C)OC(=O)NNCCCCCO. The number of unbranched alkanes of at least 4 members (excludes halogenated alkanes) is 2. The number of hydrogen-bond donors (Lipinski definition) is 3. The Hall–Kier alpha value is -0.810. The van der Waals surface area contributed by atoms with Crippen molar-refractivity contribution >= 4 is 6.09 Å². The second kappa shape index (κ2) is 7.48. The highest BCUT2D eigenvalue weighted by atomic mass is 16.6. The van der Waals surface area contributed by atoms with E-state index in [4.69, 9.17) is 9.84 Å². The first-order valence-corrected chi connectivity index (χ1v) is 5.28. The summed E-state index contributed by atoms with van der Waals surface area (Å²) in [6.45, 7) is 6.34. The van der Waals surface area contributed by atoms with E-state index in [2.05, 4.69) is 10.9 Å². The smallest absolute Gasteiger partial charge is 0.422 e. The largest absolute Gasteiger partial charge is 0.443 e. The van der Waals surface area contributed by atoms with Crippen molar-refractivity contribution in [2.45, 2.75) is 45.6 Å². The van der Waals surface area contributed by atoms with Gasteiger partial charge in [-0.25, -0.2) is 10.2 Å². The van der Waals surface area contributed by atoms with Crippen LogP contribution in [0.3, 0.4) is 0 Å². The average molecular weight is 218 g/mol. The Kier molecular flexibility index (Phi) is 7.07. The molecule has 0 fully saturated rings. The molecule has 90 valence electrons. The molecule has 5 nitrogen and oxygen atoms in total. The number of nitrogens with one attached hydrogen (secondary N) is 2. The van der Waals surface area contributed by atoms with Crippen molar-refractivity contribution in [2.75, 3.05) is 13.2 Å². The first kappa shape index (κ1) is 14.2. The predicted molar refractivity (Wildman–Crippen MR) is 58.3 cm³/mol. The minimum Gasteiger partial charge on any atom is -0.443 e. The quantitative estimate of drug-likeness (QED) is 0.462. The molecule has 5 heteroatoms. The fourth-order valence-corrected chi connectivity index (χ4v) is 0.940. The van der Waals surface area contributed by atoms with Crippen molar-refractivity contribution in [1.82, 2.24) is 10.9 Å². The van der Waals surface area contributed by atoms with Gasteiger partial charge in [-0.2, -0.15) is 0 Å². The first-order chi connectivity index (χ1) is 6.95. The molecule has 0 bridgehead atoms. The summed E-state index contributed by atoms with van der Waals surface area (Å²) in [7, 11) is 0. The monoisotopic (exact) mass is 218 g/mol. The Labute approximate surface area is 91.2 Å². The summed E-state index contributed by atoms with van der Waals surface area (Å²) in [6, 6.07) is 0. The highest BCUT2D eigenvalue weighted by molar-refractivity contribution is 5.66. The molecule has 0 unspecified atom stereocenters. The minimum absolute atomic E-state index is 0.222. The lowest BCUT2D eigenvalue weighted by molar-refractivity contribution is 0.0498. The van der Waals surface area contributed by atoms with Gasteiger partial charge in [-0.05, 0) is 40.0 Å². The van der Waals surface area contributed by atoms with Gasteiger partial charge in [-0.15, -0.1) is 0 Å². The molecule has 3 N–H and O–H groups in total. The van der Waals surface area contributed by atoms with Gasteiger partial charge >= 0.3 is 6.09 Å². The molecule has 1 amide bonds. The van der Waals surface area contributed by atoms with E-state index in [0.717, 1.165) is 19.3 Å². The third kappa shape index (κ3) is 11.1. The summed E-state index contributed by atoms with van der Waals surface area (Å²) in [6.07, 6.45) is 2.19. The molecule has 0 heterocycles. The van der Waals surface area contributed by atoms with Gasteiger partial charge in [0, 0.05) is 13.2 Å². The van der Waals surface area contributed by atoms with Crippen LogP contribution in [0.1, 0.15) is 40.0 Å². The molecule has 0 aromatic carbocycles. The number of rotatable bonds is 6. The van der Waals surface area contributed by atoms with Crippen LogP contribution in [0.15, 0.2) is 0 Å². The Morgan fingerprint density at radius 3 is 2.47 bits per heavy atom. The molecule has 0 saturated carbocycles. The van der Waals surface area contributed by atoms with Crippen molar-refractivity contribution in [1.29, 1.82) is 0 Å². The lowest BCUT2D eigenvalue weighted by Crippen LogP contribution is -2.41. The molecular weight excluding hydrogens is 196 g/mol. The Balaban J connectivity index is 3.32. The second-order valence-electron chi connectivity index (χ2n) is 4.34. The summed E-state index contributed by atoms with van der Waals surface area (Å²) in [4.78, 5) is 11.1. The number of ether oxygens (including phenoxy) is 1. The van der Waals surface area contributed by atoms with E-state index < -0.39 is 11.7 Å². The standard InChI is InChI=1S/C10H22N2O3/c1-10(2,3)15-9(14)12-11-7-5-4-6-8-13/h11,13H,4-8H2,1-3H3,(H,12,14). The van der Waals surface area contributed by atoms with Gasteiger partial charge in [0.2, 0.25) is 0 Å². The number of hydrogen-bond acceptors (Lipinski definition) is 4. The van der Waals surface area contributed by atoms with E-state index >= 15 is 0 Å². The highest BCUT2D eigenvalue weighted by Crippen LogP contribution is 2.05. The molecule has 0 aliphatic carbocycles. The van der Waals surface area contributed by atoms with E-state index in [9.17, 15) is 4.79 Å². The number of carbonyl (C=O) groups is 1. The zero-order valence-electron chi connectivity index (χ0n) is 9.80. The molecule has 0 atom stereocenters. The van der Waals surface area contributed by atoms with Crippen LogP contribution in [0.5, 0.6) is 0 Å². The van der Waals surface area contributed by atoms with Gasteiger partial charge in [0.1, 0.15) is 5.60 Å². The summed E-state index contributed by atoms with van der Waals surface area (Å²) in [5.41, 5.74) is 4.73. The summed E-state index contributed by atoms with van der Waals surface area (Å²) in [5, 5.41) is 8.53. The van der Waals surface area contributed by atoms with Gasteiger partial charge < -0.3 is 9.84 Å². The fraction of sp³-hybridized carbons (Fsp3) is 0.900. The van der Waals surface area contributed by atoms with Crippen LogP contribution in [0, 0.1) is 0 Å².